The standard InChI is InChI=1S/C18H24O2/c1-5-18(4,13-11-17(20)14(2)3)12-10-15-6-8-16(19)9-7-15/h5-10,12,17,19-20H,1-2,11,13H2,3-4H3/t17-,18-/m0/s1. The minimum atomic E-state index is -0.462. The van der Waals surface area contributed by atoms with Crippen molar-refractivity contribution in [3.63, 3.8) is 0 Å². The number of allylic oxidation sites excluding steroid dienone is 2. The monoisotopic (exact) mass is 272 g/mol. The minimum absolute atomic E-state index is 0.172. The summed E-state index contributed by atoms with van der Waals surface area (Å²) in [6.07, 6.45) is 6.99. The molecule has 1 rings (SSSR count). The largest absolute Gasteiger partial charge is 0.508 e. The topological polar surface area (TPSA) is 40.5 Å². The number of phenolic OH excluding ortho intramolecular Hbond substituents is 1. The number of aliphatic hydroxyl groups excluding tert-OH is 1. The van der Waals surface area contributed by atoms with Crippen molar-refractivity contribution in [3.8, 4) is 5.75 Å². The van der Waals surface area contributed by atoms with Crippen LogP contribution in [0.1, 0.15) is 32.3 Å². The summed E-state index contributed by atoms with van der Waals surface area (Å²) in [7, 11) is 0. The Labute approximate surface area is 121 Å². The number of aromatic hydroxyl groups is 1. The van der Waals surface area contributed by atoms with Crippen LogP contribution >= 0.6 is 0 Å². The molecule has 1 aromatic carbocycles. The van der Waals surface area contributed by atoms with Gasteiger partial charge in [-0.1, -0.05) is 49.4 Å². The van der Waals surface area contributed by atoms with E-state index in [0.717, 1.165) is 17.6 Å². The second kappa shape index (κ2) is 7.11. The minimum Gasteiger partial charge on any atom is -0.508 e. The zero-order valence-electron chi connectivity index (χ0n) is 12.3. The normalized spacial score (nSPS) is 15.8. The van der Waals surface area contributed by atoms with Gasteiger partial charge in [0.25, 0.3) is 0 Å². The first-order valence-electron chi connectivity index (χ1n) is 6.81. The first kappa shape index (κ1) is 16.3. The molecule has 2 nitrogen and oxygen atoms in total. The summed E-state index contributed by atoms with van der Waals surface area (Å²) < 4.78 is 0. The van der Waals surface area contributed by atoms with Gasteiger partial charge >= 0.3 is 0 Å². The van der Waals surface area contributed by atoms with Gasteiger partial charge in [-0.15, -0.1) is 6.58 Å². The fourth-order valence-corrected chi connectivity index (χ4v) is 1.82. The summed E-state index contributed by atoms with van der Waals surface area (Å²) in [5.74, 6) is 0.262. The lowest BCUT2D eigenvalue weighted by atomic mass is 9.83. The van der Waals surface area contributed by atoms with Crippen LogP contribution < -0.4 is 0 Å². The van der Waals surface area contributed by atoms with Crippen LogP contribution in [0.3, 0.4) is 0 Å². The Bertz CT molecular complexity index is 485. The summed E-state index contributed by atoms with van der Waals surface area (Å²) in [4.78, 5) is 0. The highest BCUT2D eigenvalue weighted by Gasteiger charge is 2.18. The Morgan fingerprint density at radius 2 is 1.95 bits per heavy atom. The maximum Gasteiger partial charge on any atom is 0.115 e. The Kier molecular flexibility index (Phi) is 5.78. The van der Waals surface area contributed by atoms with E-state index in [1.54, 1.807) is 12.1 Å². The first-order chi connectivity index (χ1) is 9.36. The van der Waals surface area contributed by atoms with E-state index in [9.17, 15) is 10.2 Å². The van der Waals surface area contributed by atoms with Crippen molar-refractivity contribution in [2.75, 3.05) is 0 Å². The number of aliphatic hydroxyl groups is 1. The van der Waals surface area contributed by atoms with Crippen molar-refractivity contribution in [2.24, 2.45) is 5.41 Å². The number of hydrogen-bond acceptors (Lipinski definition) is 2. The molecule has 108 valence electrons. The van der Waals surface area contributed by atoms with Crippen molar-refractivity contribution in [1.82, 2.24) is 0 Å². The summed E-state index contributed by atoms with van der Waals surface area (Å²) in [6, 6.07) is 7.04. The van der Waals surface area contributed by atoms with E-state index < -0.39 is 6.10 Å². The van der Waals surface area contributed by atoms with Crippen LogP contribution in [0, 0.1) is 5.41 Å². The maximum atomic E-state index is 9.82. The zero-order valence-corrected chi connectivity index (χ0v) is 12.3. The van der Waals surface area contributed by atoms with Crippen LogP contribution in [0.5, 0.6) is 5.75 Å². The predicted molar refractivity (Wildman–Crippen MR) is 85.5 cm³/mol. The molecule has 0 radical (unpaired) electrons. The number of hydrogen-bond donors (Lipinski definition) is 2. The summed E-state index contributed by atoms with van der Waals surface area (Å²) in [5, 5.41) is 19.1. The van der Waals surface area contributed by atoms with Gasteiger partial charge in [-0.25, -0.2) is 0 Å². The average molecular weight is 272 g/mol. The van der Waals surface area contributed by atoms with Crippen molar-refractivity contribution in [1.29, 1.82) is 0 Å². The molecule has 0 fully saturated rings. The van der Waals surface area contributed by atoms with Gasteiger partial charge in [0.1, 0.15) is 5.75 Å². The molecule has 0 bridgehead atoms. The molecule has 0 unspecified atom stereocenters. The zero-order chi connectivity index (χ0) is 15.2. The van der Waals surface area contributed by atoms with Gasteiger partial charge in [0.15, 0.2) is 0 Å². The molecule has 0 aliphatic heterocycles. The molecular formula is C18H24O2. The second-order valence-corrected chi connectivity index (χ2v) is 5.54. The summed E-state index contributed by atoms with van der Waals surface area (Å²) >= 11 is 0. The number of phenols is 1. The lowest BCUT2D eigenvalue weighted by molar-refractivity contribution is 0.187. The molecule has 2 atom stereocenters. The van der Waals surface area contributed by atoms with E-state index in [4.69, 9.17) is 0 Å². The van der Waals surface area contributed by atoms with Crippen LogP contribution in [0.25, 0.3) is 6.08 Å². The van der Waals surface area contributed by atoms with E-state index in [-0.39, 0.29) is 11.2 Å². The van der Waals surface area contributed by atoms with Gasteiger partial charge in [-0.3, -0.25) is 0 Å². The maximum absolute atomic E-state index is 9.82. The Morgan fingerprint density at radius 1 is 1.35 bits per heavy atom. The highest BCUT2D eigenvalue weighted by Crippen LogP contribution is 2.29. The third-order valence-electron chi connectivity index (χ3n) is 3.54. The molecule has 0 aromatic heterocycles. The third kappa shape index (κ3) is 5.06. The molecule has 20 heavy (non-hydrogen) atoms. The van der Waals surface area contributed by atoms with Crippen LogP contribution in [0.4, 0.5) is 0 Å². The van der Waals surface area contributed by atoms with E-state index in [1.807, 2.05) is 31.2 Å². The van der Waals surface area contributed by atoms with Gasteiger partial charge in [-0.05, 0) is 37.5 Å². The third-order valence-corrected chi connectivity index (χ3v) is 3.54. The molecular weight excluding hydrogens is 248 g/mol. The van der Waals surface area contributed by atoms with Crippen LogP contribution in [0.2, 0.25) is 0 Å². The molecule has 0 spiro atoms. The van der Waals surface area contributed by atoms with Gasteiger partial charge in [0.05, 0.1) is 6.10 Å². The van der Waals surface area contributed by atoms with Crippen LogP contribution in [-0.4, -0.2) is 16.3 Å². The van der Waals surface area contributed by atoms with E-state index in [2.05, 4.69) is 26.2 Å². The van der Waals surface area contributed by atoms with Gasteiger partial charge in [0, 0.05) is 5.41 Å². The van der Waals surface area contributed by atoms with Gasteiger partial charge in [0.2, 0.25) is 0 Å². The first-order valence-corrected chi connectivity index (χ1v) is 6.81. The smallest absolute Gasteiger partial charge is 0.115 e. The molecule has 0 aliphatic rings. The molecule has 0 heterocycles. The van der Waals surface area contributed by atoms with Crippen molar-refractivity contribution in [3.05, 3.63) is 60.7 Å². The van der Waals surface area contributed by atoms with Gasteiger partial charge < -0.3 is 10.2 Å². The number of benzene rings is 1. The van der Waals surface area contributed by atoms with Crippen molar-refractivity contribution >= 4 is 6.08 Å². The Morgan fingerprint density at radius 3 is 2.45 bits per heavy atom. The molecule has 2 N–H and O–H groups in total. The molecule has 0 saturated heterocycles. The average Bonchev–Trinajstić information content (AvgIpc) is 2.44. The Hall–Kier alpha value is -1.80. The molecule has 1 aromatic rings. The van der Waals surface area contributed by atoms with E-state index >= 15 is 0 Å². The van der Waals surface area contributed by atoms with E-state index in [1.165, 1.54) is 0 Å². The molecule has 2 heteroatoms. The highest BCUT2D eigenvalue weighted by atomic mass is 16.3. The van der Waals surface area contributed by atoms with Crippen LogP contribution in [0.15, 0.2) is 55.1 Å². The molecule has 0 amide bonds. The van der Waals surface area contributed by atoms with Crippen molar-refractivity contribution < 1.29 is 10.2 Å². The summed E-state index contributed by atoms with van der Waals surface area (Å²) in [6.45, 7) is 11.6. The quantitative estimate of drug-likeness (QED) is 0.726. The second-order valence-electron chi connectivity index (χ2n) is 5.54. The number of rotatable bonds is 7. The Balaban J connectivity index is 2.71. The van der Waals surface area contributed by atoms with Gasteiger partial charge in [-0.2, -0.15) is 0 Å². The predicted octanol–water partition coefficient (Wildman–Crippen LogP) is 4.31. The van der Waals surface area contributed by atoms with Crippen molar-refractivity contribution in [2.45, 2.75) is 32.8 Å². The summed E-state index contributed by atoms with van der Waals surface area (Å²) in [5.41, 5.74) is 1.64. The lowest BCUT2D eigenvalue weighted by Crippen LogP contribution is -2.15. The lowest BCUT2D eigenvalue weighted by Gasteiger charge is -2.23. The van der Waals surface area contributed by atoms with Crippen LogP contribution in [-0.2, 0) is 0 Å². The molecule has 0 aliphatic carbocycles. The highest BCUT2D eigenvalue weighted by molar-refractivity contribution is 5.51. The SMILES string of the molecule is C=C[C@@](C)(C=Cc1ccc(O)cc1)CC[C@H](O)C(=C)C. The fraction of sp³-hybridized carbons (Fsp3) is 0.333. The fourth-order valence-electron chi connectivity index (χ4n) is 1.82. The van der Waals surface area contributed by atoms with E-state index in [0.29, 0.717) is 6.42 Å². The molecule has 0 saturated carbocycles.